The van der Waals surface area contributed by atoms with E-state index in [2.05, 4.69) is 10.2 Å². The first-order valence-electron chi connectivity index (χ1n) is 7.14. The molecule has 0 aromatic heterocycles. The van der Waals surface area contributed by atoms with Crippen LogP contribution in [0.4, 0.5) is 5.69 Å². The third-order valence-electron chi connectivity index (χ3n) is 4.21. The molecule has 112 valence electrons. The molecule has 2 aliphatic rings. The van der Waals surface area contributed by atoms with Gasteiger partial charge in [-0.2, -0.15) is 0 Å². The minimum atomic E-state index is -0.497. The summed E-state index contributed by atoms with van der Waals surface area (Å²) in [6.07, 6.45) is 0. The summed E-state index contributed by atoms with van der Waals surface area (Å²) >= 11 is 0. The Labute approximate surface area is 122 Å². The molecule has 0 aliphatic carbocycles. The lowest BCUT2D eigenvalue weighted by Crippen LogP contribution is -2.62. The van der Waals surface area contributed by atoms with E-state index >= 15 is 0 Å². The van der Waals surface area contributed by atoms with Crippen LogP contribution in [0.3, 0.4) is 0 Å². The summed E-state index contributed by atoms with van der Waals surface area (Å²) in [7, 11) is 0. The number of nitro groups is 1. The molecule has 2 aliphatic heterocycles. The van der Waals surface area contributed by atoms with Crippen LogP contribution in [0.25, 0.3) is 0 Å². The molecule has 0 spiro atoms. The van der Waals surface area contributed by atoms with E-state index in [1.807, 2.05) is 0 Å². The average molecular weight is 290 g/mol. The second-order valence-electron chi connectivity index (χ2n) is 5.41. The molecule has 2 heterocycles. The average Bonchev–Trinajstić information content (AvgIpc) is 2.45. The SMILES string of the molecule is O=C(c1ccccc1[N+](=O)[O-])N1CCN(C2CNC2)CC1. The first kappa shape index (κ1) is 14.0. The lowest BCUT2D eigenvalue weighted by atomic mass is 10.1. The summed E-state index contributed by atoms with van der Waals surface area (Å²) in [6, 6.07) is 6.73. The molecule has 1 aromatic rings. The fraction of sp³-hybridized carbons (Fsp3) is 0.500. The number of hydrogen-bond acceptors (Lipinski definition) is 5. The van der Waals surface area contributed by atoms with Crippen molar-refractivity contribution in [2.45, 2.75) is 6.04 Å². The highest BCUT2D eigenvalue weighted by molar-refractivity contribution is 5.98. The van der Waals surface area contributed by atoms with Gasteiger partial charge in [-0.25, -0.2) is 0 Å². The van der Waals surface area contributed by atoms with E-state index in [1.165, 1.54) is 12.1 Å². The number of piperazine rings is 1. The van der Waals surface area contributed by atoms with Crippen LogP contribution in [0.15, 0.2) is 24.3 Å². The van der Waals surface area contributed by atoms with Crippen molar-refractivity contribution in [2.24, 2.45) is 0 Å². The molecule has 21 heavy (non-hydrogen) atoms. The number of nitrogens with one attached hydrogen (secondary N) is 1. The van der Waals surface area contributed by atoms with Crippen LogP contribution in [0.1, 0.15) is 10.4 Å². The summed E-state index contributed by atoms with van der Waals surface area (Å²) in [4.78, 5) is 27.1. The molecule has 0 bridgehead atoms. The molecule has 0 radical (unpaired) electrons. The van der Waals surface area contributed by atoms with Gasteiger partial charge in [0, 0.05) is 51.4 Å². The van der Waals surface area contributed by atoms with Gasteiger partial charge >= 0.3 is 0 Å². The molecule has 0 saturated carbocycles. The maximum Gasteiger partial charge on any atom is 0.282 e. The van der Waals surface area contributed by atoms with Crippen molar-refractivity contribution in [1.82, 2.24) is 15.1 Å². The van der Waals surface area contributed by atoms with Crippen molar-refractivity contribution in [3.05, 3.63) is 39.9 Å². The van der Waals surface area contributed by atoms with E-state index in [0.717, 1.165) is 26.2 Å². The van der Waals surface area contributed by atoms with Gasteiger partial charge in [0.1, 0.15) is 5.56 Å². The van der Waals surface area contributed by atoms with Crippen molar-refractivity contribution in [3.8, 4) is 0 Å². The molecule has 1 N–H and O–H groups in total. The van der Waals surface area contributed by atoms with Crippen molar-refractivity contribution in [2.75, 3.05) is 39.3 Å². The van der Waals surface area contributed by atoms with Crippen LogP contribution >= 0.6 is 0 Å². The zero-order valence-corrected chi connectivity index (χ0v) is 11.7. The molecule has 7 heteroatoms. The van der Waals surface area contributed by atoms with Gasteiger partial charge in [-0.1, -0.05) is 12.1 Å². The first-order valence-corrected chi connectivity index (χ1v) is 7.14. The molecule has 3 rings (SSSR count). The zero-order valence-electron chi connectivity index (χ0n) is 11.7. The van der Waals surface area contributed by atoms with Crippen LogP contribution in [-0.2, 0) is 0 Å². The van der Waals surface area contributed by atoms with Gasteiger partial charge < -0.3 is 10.2 Å². The minimum Gasteiger partial charge on any atom is -0.336 e. The monoisotopic (exact) mass is 290 g/mol. The van der Waals surface area contributed by atoms with Crippen LogP contribution in [0.2, 0.25) is 0 Å². The number of para-hydroxylation sites is 1. The maximum absolute atomic E-state index is 12.5. The van der Waals surface area contributed by atoms with E-state index in [1.54, 1.807) is 17.0 Å². The third-order valence-corrected chi connectivity index (χ3v) is 4.21. The normalized spacial score (nSPS) is 20.1. The predicted molar refractivity (Wildman–Crippen MR) is 77.2 cm³/mol. The van der Waals surface area contributed by atoms with Gasteiger partial charge in [0.15, 0.2) is 0 Å². The Hall–Kier alpha value is -1.99. The highest BCUT2D eigenvalue weighted by Crippen LogP contribution is 2.20. The Balaban J connectivity index is 1.68. The van der Waals surface area contributed by atoms with E-state index < -0.39 is 4.92 Å². The Bertz CT molecular complexity index is 551. The summed E-state index contributed by atoms with van der Waals surface area (Å²) in [5, 5.41) is 14.3. The Kier molecular flexibility index (Phi) is 3.85. The molecule has 1 aromatic carbocycles. The molecule has 0 unspecified atom stereocenters. The number of carbonyl (C=O) groups is 1. The minimum absolute atomic E-state index is 0.117. The summed E-state index contributed by atoms with van der Waals surface area (Å²) in [5.41, 5.74) is 0.0642. The predicted octanol–water partition coefficient (Wildman–Crippen LogP) is 0.324. The Morgan fingerprint density at radius 3 is 2.43 bits per heavy atom. The maximum atomic E-state index is 12.5. The number of amides is 1. The first-order chi connectivity index (χ1) is 10.2. The van der Waals surface area contributed by atoms with Gasteiger partial charge in [-0.3, -0.25) is 19.8 Å². The van der Waals surface area contributed by atoms with E-state index in [0.29, 0.717) is 19.1 Å². The van der Waals surface area contributed by atoms with E-state index in [9.17, 15) is 14.9 Å². The van der Waals surface area contributed by atoms with Gasteiger partial charge in [0.05, 0.1) is 4.92 Å². The van der Waals surface area contributed by atoms with Gasteiger partial charge in [-0.05, 0) is 6.07 Å². The Morgan fingerprint density at radius 1 is 1.19 bits per heavy atom. The molecule has 7 nitrogen and oxygen atoms in total. The number of carbonyl (C=O) groups excluding carboxylic acids is 1. The van der Waals surface area contributed by atoms with Crippen molar-refractivity contribution in [1.29, 1.82) is 0 Å². The standard InChI is InChI=1S/C14H18N4O3/c19-14(12-3-1-2-4-13(12)18(20)21)17-7-5-16(6-8-17)11-9-15-10-11/h1-4,11,15H,5-10H2. The van der Waals surface area contributed by atoms with E-state index in [-0.39, 0.29) is 17.2 Å². The number of rotatable bonds is 3. The number of nitrogens with zero attached hydrogens (tertiary/aromatic N) is 3. The summed E-state index contributed by atoms with van der Waals surface area (Å²) < 4.78 is 0. The smallest absolute Gasteiger partial charge is 0.282 e. The molecule has 1 amide bonds. The van der Waals surface area contributed by atoms with Crippen LogP contribution in [0.5, 0.6) is 0 Å². The number of hydrogen-bond donors (Lipinski definition) is 1. The highest BCUT2D eigenvalue weighted by Gasteiger charge is 2.31. The number of benzene rings is 1. The van der Waals surface area contributed by atoms with Crippen LogP contribution in [0, 0.1) is 10.1 Å². The van der Waals surface area contributed by atoms with Crippen LogP contribution in [-0.4, -0.2) is 65.9 Å². The van der Waals surface area contributed by atoms with Gasteiger partial charge in [0.2, 0.25) is 0 Å². The van der Waals surface area contributed by atoms with Crippen molar-refractivity contribution in [3.63, 3.8) is 0 Å². The Morgan fingerprint density at radius 2 is 1.86 bits per heavy atom. The topological polar surface area (TPSA) is 78.7 Å². The van der Waals surface area contributed by atoms with Crippen LogP contribution < -0.4 is 5.32 Å². The summed E-state index contributed by atoms with van der Waals surface area (Å²) in [5.74, 6) is -0.242. The molecular weight excluding hydrogens is 272 g/mol. The fourth-order valence-corrected chi connectivity index (χ4v) is 2.81. The van der Waals surface area contributed by atoms with Crippen molar-refractivity contribution < 1.29 is 9.72 Å². The molecule has 0 atom stereocenters. The third kappa shape index (κ3) is 2.74. The number of nitro benzene ring substituents is 1. The lowest BCUT2D eigenvalue weighted by Gasteiger charge is -2.43. The largest absolute Gasteiger partial charge is 0.336 e. The highest BCUT2D eigenvalue weighted by atomic mass is 16.6. The molecule has 2 fully saturated rings. The molecule has 2 saturated heterocycles. The second-order valence-corrected chi connectivity index (χ2v) is 5.41. The van der Waals surface area contributed by atoms with Gasteiger partial charge in [0.25, 0.3) is 11.6 Å². The van der Waals surface area contributed by atoms with Crippen molar-refractivity contribution >= 4 is 11.6 Å². The zero-order chi connectivity index (χ0) is 14.8. The van der Waals surface area contributed by atoms with Gasteiger partial charge in [-0.15, -0.1) is 0 Å². The molecular formula is C14H18N4O3. The lowest BCUT2D eigenvalue weighted by molar-refractivity contribution is -0.385. The van der Waals surface area contributed by atoms with E-state index in [4.69, 9.17) is 0 Å². The fourth-order valence-electron chi connectivity index (χ4n) is 2.81. The quantitative estimate of drug-likeness (QED) is 0.641. The second kappa shape index (κ2) is 5.79. The summed E-state index contributed by atoms with van der Waals surface area (Å²) in [6.45, 7) is 4.94.